The lowest BCUT2D eigenvalue weighted by Gasteiger charge is -2.32. The molecule has 0 aromatic carbocycles. The van der Waals surface area contributed by atoms with Crippen LogP contribution in [0.1, 0.15) is 24.8 Å². The van der Waals surface area contributed by atoms with Crippen LogP contribution in [-0.4, -0.2) is 35.7 Å². The summed E-state index contributed by atoms with van der Waals surface area (Å²) >= 11 is 0. The van der Waals surface area contributed by atoms with Crippen LogP contribution in [0.2, 0.25) is 0 Å². The normalized spacial score (nSPS) is 23.2. The van der Waals surface area contributed by atoms with E-state index in [1.807, 2.05) is 13.0 Å². The number of hydrogen-bond donors (Lipinski definition) is 1. The Morgan fingerprint density at radius 2 is 2.53 bits per heavy atom. The number of hydrogen-bond acceptors (Lipinski definition) is 4. The van der Waals surface area contributed by atoms with Crippen LogP contribution in [0.15, 0.2) is 10.6 Å². The zero-order valence-corrected chi connectivity index (χ0v) is 9.49. The maximum Gasteiger partial charge on any atom is 0.133 e. The van der Waals surface area contributed by atoms with Crippen LogP contribution >= 0.6 is 0 Å². The summed E-state index contributed by atoms with van der Waals surface area (Å²) in [4.78, 5) is 2.43. The molecule has 15 heavy (non-hydrogen) atoms. The van der Waals surface area contributed by atoms with Gasteiger partial charge in [0.15, 0.2) is 0 Å². The zero-order valence-electron chi connectivity index (χ0n) is 9.49. The molecule has 1 atom stereocenters. The standard InChI is InChI=1S/C11H19N3O/c1-3-10-7-14(5-4-12-10)8-11-6-9(2)15-13-11/h6,10,12H,3-5,7-8H2,1-2H3. The lowest BCUT2D eigenvalue weighted by Crippen LogP contribution is -2.49. The highest BCUT2D eigenvalue weighted by molar-refractivity contribution is 5.03. The van der Waals surface area contributed by atoms with Gasteiger partial charge in [0, 0.05) is 38.3 Å². The number of nitrogens with zero attached hydrogens (tertiary/aromatic N) is 2. The second kappa shape index (κ2) is 4.77. The highest BCUT2D eigenvalue weighted by atomic mass is 16.5. The van der Waals surface area contributed by atoms with E-state index in [1.165, 1.54) is 6.42 Å². The second-order valence-corrected chi connectivity index (χ2v) is 4.22. The fourth-order valence-corrected chi connectivity index (χ4v) is 2.03. The molecule has 2 heterocycles. The predicted molar refractivity (Wildman–Crippen MR) is 58.6 cm³/mol. The summed E-state index contributed by atoms with van der Waals surface area (Å²) < 4.78 is 5.07. The van der Waals surface area contributed by atoms with Gasteiger partial charge < -0.3 is 9.84 Å². The summed E-state index contributed by atoms with van der Waals surface area (Å²) in [6, 6.07) is 2.65. The monoisotopic (exact) mass is 209 g/mol. The van der Waals surface area contributed by atoms with Crippen molar-refractivity contribution in [2.45, 2.75) is 32.9 Å². The maximum absolute atomic E-state index is 5.07. The minimum atomic E-state index is 0.631. The predicted octanol–water partition coefficient (Wildman–Crippen LogP) is 1.17. The van der Waals surface area contributed by atoms with Crippen molar-refractivity contribution in [2.75, 3.05) is 19.6 Å². The van der Waals surface area contributed by atoms with Crippen molar-refractivity contribution in [2.24, 2.45) is 0 Å². The summed E-state index contributed by atoms with van der Waals surface area (Å²) in [5.41, 5.74) is 1.05. The Hall–Kier alpha value is -0.870. The lowest BCUT2D eigenvalue weighted by atomic mass is 10.1. The summed E-state index contributed by atoms with van der Waals surface area (Å²) in [6.45, 7) is 8.36. The molecule has 1 aromatic rings. The van der Waals surface area contributed by atoms with Gasteiger partial charge >= 0.3 is 0 Å². The minimum absolute atomic E-state index is 0.631. The maximum atomic E-state index is 5.07. The van der Waals surface area contributed by atoms with Gasteiger partial charge in [-0.15, -0.1) is 0 Å². The zero-order chi connectivity index (χ0) is 10.7. The summed E-state index contributed by atoms with van der Waals surface area (Å²) in [7, 11) is 0. The van der Waals surface area contributed by atoms with Crippen LogP contribution in [0.3, 0.4) is 0 Å². The first-order valence-corrected chi connectivity index (χ1v) is 5.66. The van der Waals surface area contributed by atoms with Gasteiger partial charge in [0.25, 0.3) is 0 Å². The van der Waals surface area contributed by atoms with Crippen LogP contribution in [-0.2, 0) is 6.54 Å². The molecular weight excluding hydrogens is 190 g/mol. The molecule has 4 heteroatoms. The van der Waals surface area contributed by atoms with Crippen molar-refractivity contribution in [1.29, 1.82) is 0 Å². The molecule has 4 nitrogen and oxygen atoms in total. The number of rotatable bonds is 3. The van der Waals surface area contributed by atoms with Crippen LogP contribution < -0.4 is 5.32 Å². The molecule has 1 saturated heterocycles. The number of aryl methyl sites for hydroxylation is 1. The molecule has 0 spiro atoms. The minimum Gasteiger partial charge on any atom is -0.361 e. The molecule has 0 radical (unpaired) electrons. The van der Waals surface area contributed by atoms with Crippen molar-refractivity contribution in [3.8, 4) is 0 Å². The van der Waals surface area contributed by atoms with E-state index >= 15 is 0 Å². The fourth-order valence-electron chi connectivity index (χ4n) is 2.03. The third-order valence-corrected chi connectivity index (χ3v) is 2.89. The Bertz CT molecular complexity index is 311. The molecule has 2 rings (SSSR count). The van der Waals surface area contributed by atoms with Crippen molar-refractivity contribution >= 4 is 0 Å². The second-order valence-electron chi connectivity index (χ2n) is 4.22. The largest absolute Gasteiger partial charge is 0.361 e. The van der Waals surface area contributed by atoms with Gasteiger partial charge in [0.1, 0.15) is 5.76 Å². The van der Waals surface area contributed by atoms with Gasteiger partial charge in [-0.2, -0.15) is 0 Å². The average molecular weight is 209 g/mol. The van der Waals surface area contributed by atoms with E-state index in [9.17, 15) is 0 Å². The Morgan fingerprint density at radius 1 is 1.67 bits per heavy atom. The molecule has 1 aliphatic heterocycles. The third-order valence-electron chi connectivity index (χ3n) is 2.89. The van der Waals surface area contributed by atoms with E-state index in [1.54, 1.807) is 0 Å². The van der Waals surface area contributed by atoms with Gasteiger partial charge in [-0.05, 0) is 13.3 Å². The van der Waals surface area contributed by atoms with Crippen LogP contribution in [0.25, 0.3) is 0 Å². The molecular formula is C11H19N3O. The van der Waals surface area contributed by atoms with Gasteiger partial charge in [-0.3, -0.25) is 4.90 Å². The van der Waals surface area contributed by atoms with E-state index in [2.05, 4.69) is 22.3 Å². The number of aromatic nitrogens is 1. The summed E-state index contributed by atoms with van der Waals surface area (Å²) in [5.74, 6) is 0.896. The molecule has 0 saturated carbocycles. The SMILES string of the molecule is CCC1CN(Cc2cc(C)on2)CCN1. The van der Waals surface area contributed by atoms with Crippen molar-refractivity contribution < 1.29 is 4.52 Å². The Kier molecular flexibility index (Phi) is 3.38. The third kappa shape index (κ3) is 2.79. The van der Waals surface area contributed by atoms with Crippen LogP contribution in [0.4, 0.5) is 0 Å². The van der Waals surface area contributed by atoms with E-state index < -0.39 is 0 Å². The first-order chi connectivity index (χ1) is 7.28. The number of piperazine rings is 1. The topological polar surface area (TPSA) is 41.3 Å². The summed E-state index contributed by atoms with van der Waals surface area (Å²) in [6.07, 6.45) is 1.19. The molecule has 0 bridgehead atoms. The quantitative estimate of drug-likeness (QED) is 0.811. The van der Waals surface area contributed by atoms with E-state index in [4.69, 9.17) is 4.52 Å². The van der Waals surface area contributed by atoms with Gasteiger partial charge in [-0.1, -0.05) is 12.1 Å². The van der Waals surface area contributed by atoms with Crippen molar-refractivity contribution in [3.05, 3.63) is 17.5 Å². The fraction of sp³-hybridized carbons (Fsp3) is 0.727. The van der Waals surface area contributed by atoms with E-state index in [0.717, 1.165) is 37.6 Å². The highest BCUT2D eigenvalue weighted by Gasteiger charge is 2.18. The van der Waals surface area contributed by atoms with Crippen molar-refractivity contribution in [3.63, 3.8) is 0 Å². The molecule has 1 fully saturated rings. The Morgan fingerprint density at radius 3 is 3.20 bits per heavy atom. The average Bonchev–Trinajstić information content (AvgIpc) is 2.64. The van der Waals surface area contributed by atoms with E-state index in [0.29, 0.717) is 6.04 Å². The van der Waals surface area contributed by atoms with Gasteiger partial charge in [0.05, 0.1) is 5.69 Å². The van der Waals surface area contributed by atoms with Crippen molar-refractivity contribution in [1.82, 2.24) is 15.4 Å². The Labute approximate surface area is 90.6 Å². The first kappa shape index (κ1) is 10.6. The summed E-state index contributed by atoms with van der Waals surface area (Å²) in [5, 5.41) is 7.53. The molecule has 0 amide bonds. The molecule has 1 aromatic heterocycles. The van der Waals surface area contributed by atoms with Gasteiger partial charge in [0.2, 0.25) is 0 Å². The van der Waals surface area contributed by atoms with Gasteiger partial charge in [-0.25, -0.2) is 0 Å². The lowest BCUT2D eigenvalue weighted by molar-refractivity contribution is 0.185. The molecule has 84 valence electrons. The van der Waals surface area contributed by atoms with E-state index in [-0.39, 0.29) is 0 Å². The smallest absolute Gasteiger partial charge is 0.133 e. The molecule has 1 unspecified atom stereocenters. The van der Waals surface area contributed by atoms with Crippen LogP contribution in [0.5, 0.6) is 0 Å². The Balaban J connectivity index is 1.88. The molecule has 0 aliphatic carbocycles. The molecule has 1 N–H and O–H groups in total. The number of nitrogens with one attached hydrogen (secondary N) is 1. The molecule has 1 aliphatic rings. The highest BCUT2D eigenvalue weighted by Crippen LogP contribution is 2.09. The first-order valence-electron chi connectivity index (χ1n) is 5.66. The van der Waals surface area contributed by atoms with Crippen LogP contribution in [0, 0.1) is 6.92 Å².